The quantitative estimate of drug-likeness (QED) is 0.762. The SMILES string of the molecule is CCc1ccc(C(=O)C(C)Oc2ccc(S(C)(=O)=O)cc2)cc1. The van der Waals surface area contributed by atoms with Crippen LogP contribution in [0.1, 0.15) is 29.8 Å². The summed E-state index contributed by atoms with van der Waals surface area (Å²) < 4.78 is 28.4. The number of aryl methyl sites for hydroxylation is 1. The van der Waals surface area contributed by atoms with Gasteiger partial charge in [-0.1, -0.05) is 31.2 Å². The van der Waals surface area contributed by atoms with Gasteiger partial charge >= 0.3 is 0 Å². The molecule has 0 aromatic heterocycles. The Morgan fingerprint density at radius 2 is 1.61 bits per heavy atom. The van der Waals surface area contributed by atoms with Gasteiger partial charge in [0, 0.05) is 11.8 Å². The molecule has 2 aromatic rings. The first-order valence-electron chi connectivity index (χ1n) is 7.41. The van der Waals surface area contributed by atoms with Crippen LogP contribution in [0.4, 0.5) is 0 Å². The van der Waals surface area contributed by atoms with Gasteiger partial charge in [-0.3, -0.25) is 4.79 Å². The Labute approximate surface area is 137 Å². The monoisotopic (exact) mass is 332 g/mol. The molecule has 122 valence electrons. The van der Waals surface area contributed by atoms with Gasteiger partial charge in [0.15, 0.2) is 15.9 Å². The molecule has 0 aliphatic rings. The minimum absolute atomic E-state index is 0.111. The van der Waals surface area contributed by atoms with Gasteiger partial charge in [0.25, 0.3) is 0 Å². The van der Waals surface area contributed by atoms with E-state index in [4.69, 9.17) is 4.74 Å². The molecule has 0 bridgehead atoms. The van der Waals surface area contributed by atoms with E-state index in [9.17, 15) is 13.2 Å². The van der Waals surface area contributed by atoms with Crippen LogP contribution < -0.4 is 4.74 Å². The molecule has 5 heteroatoms. The molecular weight excluding hydrogens is 312 g/mol. The summed E-state index contributed by atoms with van der Waals surface area (Å²) in [6, 6.07) is 13.5. The first kappa shape index (κ1) is 17.2. The van der Waals surface area contributed by atoms with Crippen LogP contribution >= 0.6 is 0 Å². The van der Waals surface area contributed by atoms with Crippen LogP contribution in [-0.2, 0) is 16.3 Å². The Morgan fingerprint density at radius 1 is 1.04 bits per heavy atom. The van der Waals surface area contributed by atoms with Gasteiger partial charge in [-0.05, 0) is 43.2 Å². The summed E-state index contributed by atoms with van der Waals surface area (Å²) in [5.41, 5.74) is 1.77. The van der Waals surface area contributed by atoms with E-state index in [0.717, 1.165) is 12.7 Å². The Balaban J connectivity index is 2.08. The second-order valence-corrected chi connectivity index (χ2v) is 7.43. The number of carbonyl (C=O) groups excluding carboxylic acids is 1. The van der Waals surface area contributed by atoms with Crippen LogP contribution in [-0.4, -0.2) is 26.6 Å². The molecular formula is C18H20O4S. The minimum Gasteiger partial charge on any atom is -0.483 e. The Kier molecular flexibility index (Phi) is 5.21. The third-order valence-corrected chi connectivity index (χ3v) is 4.71. The van der Waals surface area contributed by atoms with Gasteiger partial charge < -0.3 is 4.74 Å². The third-order valence-electron chi connectivity index (χ3n) is 3.58. The highest BCUT2D eigenvalue weighted by Crippen LogP contribution is 2.18. The average Bonchev–Trinajstić information content (AvgIpc) is 2.54. The summed E-state index contributed by atoms with van der Waals surface area (Å²) in [4.78, 5) is 12.6. The smallest absolute Gasteiger partial charge is 0.202 e. The van der Waals surface area contributed by atoms with E-state index < -0.39 is 15.9 Å². The van der Waals surface area contributed by atoms with Gasteiger partial charge in [0.05, 0.1) is 4.90 Å². The third kappa shape index (κ3) is 4.42. The molecule has 0 amide bonds. The largest absolute Gasteiger partial charge is 0.483 e. The summed E-state index contributed by atoms with van der Waals surface area (Å²) in [6.45, 7) is 3.74. The fraction of sp³-hybridized carbons (Fsp3) is 0.278. The number of ketones is 1. The van der Waals surface area contributed by atoms with Crippen molar-refractivity contribution in [2.24, 2.45) is 0 Å². The molecule has 0 saturated heterocycles. The van der Waals surface area contributed by atoms with Crippen molar-refractivity contribution in [3.8, 4) is 5.75 Å². The maximum Gasteiger partial charge on any atom is 0.202 e. The Hall–Kier alpha value is -2.14. The van der Waals surface area contributed by atoms with Crippen LogP contribution in [0.15, 0.2) is 53.4 Å². The number of hydrogen-bond acceptors (Lipinski definition) is 4. The van der Waals surface area contributed by atoms with Gasteiger partial charge in [0.2, 0.25) is 5.78 Å². The van der Waals surface area contributed by atoms with Gasteiger partial charge in [-0.2, -0.15) is 0 Å². The first-order chi connectivity index (χ1) is 10.8. The summed E-state index contributed by atoms with van der Waals surface area (Å²) in [6.07, 6.45) is 1.42. The normalized spacial score (nSPS) is 12.7. The lowest BCUT2D eigenvalue weighted by Crippen LogP contribution is -2.23. The minimum atomic E-state index is -3.24. The topological polar surface area (TPSA) is 60.4 Å². The maximum atomic E-state index is 12.4. The second-order valence-electron chi connectivity index (χ2n) is 5.42. The van der Waals surface area contributed by atoms with Crippen LogP contribution in [0.3, 0.4) is 0 Å². The highest BCUT2D eigenvalue weighted by atomic mass is 32.2. The maximum absolute atomic E-state index is 12.4. The van der Waals surface area contributed by atoms with Gasteiger partial charge in [-0.25, -0.2) is 8.42 Å². The number of hydrogen-bond donors (Lipinski definition) is 0. The number of sulfone groups is 1. The van der Waals surface area contributed by atoms with Gasteiger partial charge in [0.1, 0.15) is 5.75 Å². The molecule has 23 heavy (non-hydrogen) atoms. The van der Waals surface area contributed by atoms with Crippen molar-refractivity contribution in [3.05, 3.63) is 59.7 Å². The zero-order valence-corrected chi connectivity index (χ0v) is 14.3. The number of carbonyl (C=O) groups is 1. The molecule has 0 aliphatic carbocycles. The fourth-order valence-electron chi connectivity index (χ4n) is 2.16. The fourth-order valence-corrected chi connectivity index (χ4v) is 2.79. The lowest BCUT2D eigenvalue weighted by atomic mass is 10.0. The molecule has 0 spiro atoms. The molecule has 1 unspecified atom stereocenters. The number of benzene rings is 2. The second kappa shape index (κ2) is 6.96. The summed E-state index contributed by atoms with van der Waals surface area (Å²) >= 11 is 0. The van der Waals surface area contributed by atoms with E-state index in [0.29, 0.717) is 11.3 Å². The van der Waals surface area contributed by atoms with E-state index in [1.807, 2.05) is 12.1 Å². The van der Waals surface area contributed by atoms with Crippen LogP contribution in [0.25, 0.3) is 0 Å². The number of ether oxygens (including phenoxy) is 1. The molecule has 1 atom stereocenters. The summed E-state index contributed by atoms with van der Waals surface area (Å²) in [7, 11) is -3.24. The molecule has 2 aromatic carbocycles. The highest BCUT2D eigenvalue weighted by Gasteiger charge is 2.17. The molecule has 0 aliphatic heterocycles. The van der Waals surface area contributed by atoms with Crippen molar-refractivity contribution in [3.63, 3.8) is 0 Å². The zero-order valence-electron chi connectivity index (χ0n) is 13.4. The molecule has 0 fully saturated rings. The predicted octanol–water partition coefficient (Wildman–Crippen LogP) is 3.30. The van der Waals surface area contributed by atoms with Crippen molar-refractivity contribution in [2.45, 2.75) is 31.3 Å². The van der Waals surface area contributed by atoms with Crippen molar-refractivity contribution >= 4 is 15.6 Å². The van der Waals surface area contributed by atoms with E-state index >= 15 is 0 Å². The van der Waals surface area contributed by atoms with Crippen LogP contribution in [0.5, 0.6) is 5.75 Å². The van der Waals surface area contributed by atoms with E-state index in [1.54, 1.807) is 31.2 Å². The number of Topliss-reactive ketones (excluding diaryl/α,β-unsaturated/α-hetero) is 1. The van der Waals surface area contributed by atoms with Crippen molar-refractivity contribution in [2.75, 3.05) is 6.26 Å². The van der Waals surface area contributed by atoms with E-state index in [-0.39, 0.29) is 10.7 Å². The predicted molar refractivity (Wildman–Crippen MR) is 89.8 cm³/mol. The van der Waals surface area contributed by atoms with Gasteiger partial charge in [-0.15, -0.1) is 0 Å². The number of rotatable bonds is 6. The van der Waals surface area contributed by atoms with Crippen molar-refractivity contribution in [1.82, 2.24) is 0 Å². The molecule has 2 rings (SSSR count). The highest BCUT2D eigenvalue weighted by molar-refractivity contribution is 7.90. The van der Waals surface area contributed by atoms with E-state index in [2.05, 4.69) is 6.92 Å². The van der Waals surface area contributed by atoms with Crippen molar-refractivity contribution in [1.29, 1.82) is 0 Å². The molecule has 0 saturated carbocycles. The van der Waals surface area contributed by atoms with Crippen molar-refractivity contribution < 1.29 is 17.9 Å². The lowest BCUT2D eigenvalue weighted by molar-refractivity contribution is 0.0818. The zero-order chi connectivity index (χ0) is 17.0. The standard InChI is InChI=1S/C18H20O4S/c1-4-14-5-7-15(8-6-14)18(19)13(2)22-16-9-11-17(12-10-16)23(3,20)21/h5-13H,4H2,1-3H3. The van der Waals surface area contributed by atoms with Crippen LogP contribution in [0.2, 0.25) is 0 Å². The average molecular weight is 332 g/mol. The van der Waals surface area contributed by atoms with Crippen LogP contribution in [0, 0.1) is 0 Å². The molecule has 0 heterocycles. The molecule has 0 radical (unpaired) electrons. The van der Waals surface area contributed by atoms with E-state index in [1.165, 1.54) is 17.7 Å². The molecule has 4 nitrogen and oxygen atoms in total. The summed E-state index contributed by atoms with van der Waals surface area (Å²) in [5.74, 6) is 0.350. The first-order valence-corrected chi connectivity index (χ1v) is 9.30. The lowest BCUT2D eigenvalue weighted by Gasteiger charge is -2.14. The molecule has 0 N–H and O–H groups in total. The Morgan fingerprint density at radius 3 is 2.09 bits per heavy atom. The summed E-state index contributed by atoms with van der Waals surface area (Å²) in [5, 5.41) is 0. The Bertz CT molecular complexity index is 775.